The molecule has 0 spiro atoms. The fraction of sp³-hybridized carbons (Fsp3) is 0.550. The van der Waals surface area contributed by atoms with Crippen molar-refractivity contribution in [2.24, 2.45) is 11.8 Å². The first-order valence-electron chi connectivity index (χ1n) is 9.14. The van der Waals surface area contributed by atoms with Gasteiger partial charge >= 0.3 is 5.97 Å². The summed E-state index contributed by atoms with van der Waals surface area (Å²) in [6.07, 6.45) is 1.81. The number of likely N-dealkylation sites (tertiary alicyclic amines) is 1. The number of hydrogen-bond donors (Lipinski definition) is 2. The van der Waals surface area contributed by atoms with Gasteiger partial charge in [-0.15, -0.1) is 0 Å². The molecule has 2 rings (SSSR count). The van der Waals surface area contributed by atoms with Crippen LogP contribution < -0.4 is 5.32 Å². The van der Waals surface area contributed by atoms with Gasteiger partial charge in [-0.25, -0.2) is 0 Å². The SMILES string of the molecule is CC(C)CC(CNC(=O)C1(C)CCCN1C(=O)c1ccccc1)C(=O)O. The topological polar surface area (TPSA) is 86.7 Å². The molecule has 1 aliphatic heterocycles. The van der Waals surface area contributed by atoms with Gasteiger partial charge in [0.1, 0.15) is 5.54 Å². The Bertz CT molecular complexity index is 659. The Labute approximate surface area is 154 Å². The van der Waals surface area contributed by atoms with E-state index < -0.39 is 17.4 Å². The third-order valence-corrected chi connectivity index (χ3v) is 5.01. The summed E-state index contributed by atoms with van der Waals surface area (Å²) in [5.41, 5.74) is -0.398. The lowest BCUT2D eigenvalue weighted by molar-refractivity contribution is -0.142. The number of benzene rings is 1. The van der Waals surface area contributed by atoms with Gasteiger partial charge in [0.05, 0.1) is 5.92 Å². The molecule has 1 saturated heterocycles. The second-order valence-electron chi connectivity index (χ2n) is 7.57. The van der Waals surface area contributed by atoms with Crippen molar-refractivity contribution in [1.29, 1.82) is 0 Å². The fourth-order valence-corrected chi connectivity index (χ4v) is 3.51. The van der Waals surface area contributed by atoms with Crippen LogP contribution in [0.5, 0.6) is 0 Å². The Morgan fingerprint density at radius 3 is 2.46 bits per heavy atom. The number of nitrogens with zero attached hydrogens (tertiary/aromatic N) is 1. The molecular weight excluding hydrogens is 332 g/mol. The molecule has 6 nitrogen and oxygen atoms in total. The van der Waals surface area contributed by atoms with Crippen LogP contribution in [-0.2, 0) is 9.59 Å². The minimum absolute atomic E-state index is 0.0787. The number of carboxylic acids is 1. The summed E-state index contributed by atoms with van der Waals surface area (Å²) in [6.45, 7) is 6.27. The van der Waals surface area contributed by atoms with Crippen LogP contribution in [0.1, 0.15) is 50.4 Å². The van der Waals surface area contributed by atoms with Crippen molar-refractivity contribution in [3.05, 3.63) is 35.9 Å². The summed E-state index contributed by atoms with van der Waals surface area (Å²) >= 11 is 0. The lowest BCUT2D eigenvalue weighted by Gasteiger charge is -2.34. The molecule has 1 aliphatic rings. The number of carbonyl (C=O) groups is 3. The molecule has 6 heteroatoms. The maximum atomic E-state index is 12.8. The highest BCUT2D eigenvalue weighted by molar-refractivity contribution is 5.99. The number of carboxylic acid groups (broad SMARTS) is 1. The van der Waals surface area contributed by atoms with Gasteiger partial charge in [0.15, 0.2) is 0 Å². The third-order valence-electron chi connectivity index (χ3n) is 5.01. The van der Waals surface area contributed by atoms with Crippen molar-refractivity contribution in [2.75, 3.05) is 13.1 Å². The molecule has 1 heterocycles. The maximum absolute atomic E-state index is 12.8. The number of rotatable bonds is 7. The van der Waals surface area contributed by atoms with Crippen LogP contribution in [0.4, 0.5) is 0 Å². The first-order valence-corrected chi connectivity index (χ1v) is 9.14. The Balaban J connectivity index is 2.08. The average molecular weight is 360 g/mol. The van der Waals surface area contributed by atoms with E-state index in [4.69, 9.17) is 0 Å². The Morgan fingerprint density at radius 2 is 1.88 bits per heavy atom. The van der Waals surface area contributed by atoms with E-state index in [0.29, 0.717) is 24.9 Å². The number of amides is 2. The summed E-state index contributed by atoms with van der Waals surface area (Å²) in [7, 11) is 0. The van der Waals surface area contributed by atoms with E-state index in [9.17, 15) is 19.5 Å². The zero-order chi connectivity index (χ0) is 19.3. The Hall–Kier alpha value is -2.37. The van der Waals surface area contributed by atoms with Crippen molar-refractivity contribution in [3.63, 3.8) is 0 Å². The predicted octanol–water partition coefficient (Wildman–Crippen LogP) is 2.54. The molecule has 2 atom stereocenters. The Morgan fingerprint density at radius 1 is 1.23 bits per heavy atom. The summed E-state index contributed by atoms with van der Waals surface area (Å²) in [4.78, 5) is 38.6. The van der Waals surface area contributed by atoms with Crippen LogP contribution in [0.15, 0.2) is 30.3 Å². The van der Waals surface area contributed by atoms with E-state index in [1.807, 2.05) is 19.9 Å². The van der Waals surface area contributed by atoms with Crippen LogP contribution in [0, 0.1) is 11.8 Å². The van der Waals surface area contributed by atoms with Crippen molar-refractivity contribution >= 4 is 17.8 Å². The van der Waals surface area contributed by atoms with Gasteiger partial charge in [0, 0.05) is 18.7 Å². The van der Waals surface area contributed by atoms with Crippen molar-refractivity contribution in [2.45, 2.75) is 45.6 Å². The number of aliphatic carboxylic acids is 1. The first kappa shape index (κ1) is 19.9. The average Bonchev–Trinajstić information content (AvgIpc) is 3.01. The highest BCUT2D eigenvalue weighted by Crippen LogP contribution is 2.31. The lowest BCUT2D eigenvalue weighted by Crippen LogP contribution is -2.56. The van der Waals surface area contributed by atoms with Crippen LogP contribution in [0.25, 0.3) is 0 Å². The summed E-state index contributed by atoms with van der Waals surface area (Å²) in [5, 5.41) is 12.1. The normalized spacial score (nSPS) is 20.8. The lowest BCUT2D eigenvalue weighted by atomic mass is 9.94. The molecule has 1 aromatic rings. The second kappa shape index (κ2) is 8.34. The molecule has 0 saturated carbocycles. The van der Waals surface area contributed by atoms with E-state index in [-0.39, 0.29) is 24.3 Å². The van der Waals surface area contributed by atoms with Crippen molar-refractivity contribution in [1.82, 2.24) is 10.2 Å². The largest absolute Gasteiger partial charge is 0.481 e. The summed E-state index contributed by atoms with van der Waals surface area (Å²) in [5.74, 6) is -1.76. The highest BCUT2D eigenvalue weighted by atomic mass is 16.4. The number of carbonyl (C=O) groups excluding carboxylic acids is 2. The quantitative estimate of drug-likeness (QED) is 0.782. The van der Waals surface area contributed by atoms with Crippen LogP contribution >= 0.6 is 0 Å². The molecule has 2 N–H and O–H groups in total. The minimum atomic E-state index is -0.951. The number of nitrogens with one attached hydrogen (secondary N) is 1. The zero-order valence-corrected chi connectivity index (χ0v) is 15.7. The minimum Gasteiger partial charge on any atom is -0.481 e. The summed E-state index contributed by atoms with van der Waals surface area (Å²) in [6, 6.07) is 8.91. The molecule has 0 aromatic heterocycles. The molecule has 26 heavy (non-hydrogen) atoms. The molecule has 2 unspecified atom stereocenters. The van der Waals surface area contributed by atoms with Gasteiger partial charge in [0.2, 0.25) is 5.91 Å². The monoisotopic (exact) mass is 360 g/mol. The van der Waals surface area contributed by atoms with Gasteiger partial charge in [-0.3, -0.25) is 14.4 Å². The standard InChI is InChI=1S/C20H28N2O4/c1-14(2)12-16(18(24)25)13-21-19(26)20(3)10-7-11-22(20)17(23)15-8-5-4-6-9-15/h4-6,8-9,14,16H,7,10-13H2,1-3H3,(H,21,26)(H,24,25). The van der Waals surface area contributed by atoms with Gasteiger partial charge in [-0.05, 0) is 44.2 Å². The van der Waals surface area contributed by atoms with Crippen molar-refractivity contribution < 1.29 is 19.5 Å². The van der Waals surface area contributed by atoms with E-state index in [1.165, 1.54) is 0 Å². The molecular formula is C20H28N2O4. The maximum Gasteiger partial charge on any atom is 0.308 e. The fourth-order valence-electron chi connectivity index (χ4n) is 3.51. The van der Waals surface area contributed by atoms with Crippen molar-refractivity contribution in [3.8, 4) is 0 Å². The molecule has 2 amide bonds. The molecule has 0 aliphatic carbocycles. The van der Waals surface area contributed by atoms with Gasteiger partial charge in [-0.1, -0.05) is 32.0 Å². The van der Waals surface area contributed by atoms with E-state index in [1.54, 1.807) is 36.1 Å². The van der Waals surface area contributed by atoms with Gasteiger partial charge in [-0.2, -0.15) is 0 Å². The van der Waals surface area contributed by atoms with E-state index in [2.05, 4.69) is 5.32 Å². The van der Waals surface area contributed by atoms with Crippen LogP contribution in [-0.4, -0.2) is 46.4 Å². The molecule has 142 valence electrons. The van der Waals surface area contributed by atoms with E-state index in [0.717, 1.165) is 6.42 Å². The van der Waals surface area contributed by atoms with Crippen LogP contribution in [0.3, 0.4) is 0 Å². The van der Waals surface area contributed by atoms with Crippen LogP contribution in [0.2, 0.25) is 0 Å². The summed E-state index contributed by atoms with van der Waals surface area (Å²) < 4.78 is 0. The predicted molar refractivity (Wildman–Crippen MR) is 98.7 cm³/mol. The first-order chi connectivity index (χ1) is 12.3. The van der Waals surface area contributed by atoms with Gasteiger partial charge < -0.3 is 15.3 Å². The van der Waals surface area contributed by atoms with Gasteiger partial charge in [0.25, 0.3) is 5.91 Å². The molecule has 1 fully saturated rings. The number of hydrogen-bond acceptors (Lipinski definition) is 3. The second-order valence-corrected chi connectivity index (χ2v) is 7.57. The highest BCUT2D eigenvalue weighted by Gasteiger charge is 2.46. The molecule has 0 radical (unpaired) electrons. The Kier molecular flexibility index (Phi) is 6.40. The third kappa shape index (κ3) is 4.42. The zero-order valence-electron chi connectivity index (χ0n) is 15.7. The van der Waals surface area contributed by atoms with E-state index >= 15 is 0 Å². The molecule has 1 aromatic carbocycles. The molecule has 0 bridgehead atoms. The smallest absolute Gasteiger partial charge is 0.308 e.